The van der Waals surface area contributed by atoms with E-state index in [-0.39, 0.29) is 12.0 Å². The summed E-state index contributed by atoms with van der Waals surface area (Å²) in [6.07, 6.45) is 0.133. The highest BCUT2D eigenvalue weighted by atomic mass is 16.5. The molecule has 0 aromatic heterocycles. The van der Waals surface area contributed by atoms with E-state index in [0.717, 1.165) is 0 Å². The lowest BCUT2D eigenvalue weighted by Gasteiger charge is -2.24. The van der Waals surface area contributed by atoms with Crippen LogP contribution >= 0.6 is 0 Å². The van der Waals surface area contributed by atoms with E-state index in [4.69, 9.17) is 10.5 Å². The Morgan fingerprint density at radius 1 is 1.70 bits per heavy atom. The van der Waals surface area contributed by atoms with Crippen LogP contribution < -0.4 is 5.73 Å². The summed E-state index contributed by atoms with van der Waals surface area (Å²) < 4.78 is 5.24. The maximum absolute atomic E-state index is 9.69. The maximum atomic E-state index is 9.69. The second-order valence-corrected chi connectivity index (χ2v) is 3.11. The molecule has 0 amide bonds. The average Bonchev–Trinajstić information content (AvgIpc) is 2.19. The normalized spacial score (nSPS) is 48.0. The molecular formula is C7H15NO2. The first-order valence-corrected chi connectivity index (χ1v) is 3.64. The highest BCUT2D eigenvalue weighted by Gasteiger charge is 2.42. The van der Waals surface area contributed by atoms with Crippen LogP contribution in [0.2, 0.25) is 0 Å². The number of aliphatic hydroxyl groups is 1. The predicted octanol–water partition coefficient (Wildman–Crippen LogP) is -0.269. The second-order valence-electron chi connectivity index (χ2n) is 3.11. The number of hydrogen-bond donors (Lipinski definition) is 2. The lowest BCUT2D eigenvalue weighted by atomic mass is 9.89. The van der Waals surface area contributed by atoms with E-state index in [1.54, 1.807) is 0 Å². The summed E-state index contributed by atoms with van der Waals surface area (Å²) in [5, 5.41) is 9.69. The molecule has 0 spiro atoms. The van der Waals surface area contributed by atoms with Gasteiger partial charge in [-0.25, -0.2) is 0 Å². The standard InChI is InChI=1S/C7H15NO2/c1-5-6(2)10-4-7(5,9)3-8/h5-6,9H,3-4,8H2,1-2H3. The van der Waals surface area contributed by atoms with Gasteiger partial charge in [-0.15, -0.1) is 0 Å². The Bertz CT molecular complexity index is 129. The van der Waals surface area contributed by atoms with Crippen LogP contribution in [0.4, 0.5) is 0 Å². The van der Waals surface area contributed by atoms with Gasteiger partial charge in [0.2, 0.25) is 0 Å². The Balaban J connectivity index is 2.64. The topological polar surface area (TPSA) is 55.5 Å². The van der Waals surface area contributed by atoms with Crippen molar-refractivity contribution in [2.75, 3.05) is 13.2 Å². The molecule has 3 N–H and O–H groups in total. The van der Waals surface area contributed by atoms with Crippen molar-refractivity contribution >= 4 is 0 Å². The molecule has 60 valence electrons. The molecule has 3 atom stereocenters. The van der Waals surface area contributed by atoms with E-state index in [9.17, 15) is 5.11 Å². The molecule has 1 rings (SSSR count). The first-order chi connectivity index (χ1) is 4.60. The minimum absolute atomic E-state index is 0.133. The summed E-state index contributed by atoms with van der Waals surface area (Å²) in [6, 6.07) is 0. The van der Waals surface area contributed by atoms with Crippen LogP contribution in [-0.2, 0) is 4.74 Å². The summed E-state index contributed by atoms with van der Waals surface area (Å²) in [4.78, 5) is 0. The van der Waals surface area contributed by atoms with E-state index in [1.165, 1.54) is 0 Å². The molecular weight excluding hydrogens is 130 g/mol. The summed E-state index contributed by atoms with van der Waals surface area (Å²) in [6.45, 7) is 4.59. The predicted molar refractivity (Wildman–Crippen MR) is 38.6 cm³/mol. The van der Waals surface area contributed by atoms with Gasteiger partial charge >= 0.3 is 0 Å². The molecule has 0 bridgehead atoms. The molecule has 0 aromatic rings. The summed E-state index contributed by atoms with van der Waals surface area (Å²) >= 11 is 0. The Morgan fingerprint density at radius 3 is 2.50 bits per heavy atom. The molecule has 0 saturated carbocycles. The molecule has 1 fully saturated rings. The van der Waals surface area contributed by atoms with E-state index in [2.05, 4.69) is 0 Å². The number of hydrogen-bond acceptors (Lipinski definition) is 3. The van der Waals surface area contributed by atoms with Gasteiger partial charge in [0.05, 0.1) is 12.7 Å². The van der Waals surface area contributed by atoms with Crippen LogP contribution in [0.5, 0.6) is 0 Å². The zero-order valence-corrected chi connectivity index (χ0v) is 6.50. The third kappa shape index (κ3) is 1.05. The maximum Gasteiger partial charge on any atom is 0.105 e. The average molecular weight is 145 g/mol. The van der Waals surface area contributed by atoms with Gasteiger partial charge in [-0.3, -0.25) is 0 Å². The van der Waals surface area contributed by atoms with Crippen LogP contribution in [0.1, 0.15) is 13.8 Å². The van der Waals surface area contributed by atoms with Gasteiger partial charge in [0, 0.05) is 12.5 Å². The van der Waals surface area contributed by atoms with E-state index >= 15 is 0 Å². The van der Waals surface area contributed by atoms with Crippen molar-refractivity contribution in [1.29, 1.82) is 0 Å². The fraction of sp³-hybridized carbons (Fsp3) is 1.00. The van der Waals surface area contributed by atoms with Crippen LogP contribution in [0.3, 0.4) is 0 Å². The van der Waals surface area contributed by atoms with Gasteiger partial charge in [0.1, 0.15) is 5.60 Å². The molecule has 3 nitrogen and oxygen atoms in total. The van der Waals surface area contributed by atoms with Gasteiger partial charge in [-0.05, 0) is 6.92 Å². The summed E-state index contributed by atoms with van der Waals surface area (Å²) in [7, 11) is 0. The molecule has 1 aliphatic rings. The molecule has 0 aromatic carbocycles. The molecule has 3 heteroatoms. The van der Waals surface area contributed by atoms with Crippen molar-refractivity contribution in [3.05, 3.63) is 0 Å². The Kier molecular flexibility index (Phi) is 1.99. The first-order valence-electron chi connectivity index (χ1n) is 3.64. The molecule has 0 radical (unpaired) electrons. The second kappa shape index (κ2) is 2.49. The van der Waals surface area contributed by atoms with Gasteiger partial charge in [0.25, 0.3) is 0 Å². The monoisotopic (exact) mass is 145 g/mol. The Morgan fingerprint density at radius 2 is 2.30 bits per heavy atom. The number of ether oxygens (including phenoxy) is 1. The quantitative estimate of drug-likeness (QED) is 0.534. The van der Waals surface area contributed by atoms with Crippen LogP contribution in [0.25, 0.3) is 0 Å². The van der Waals surface area contributed by atoms with Gasteiger partial charge in [-0.1, -0.05) is 6.92 Å². The molecule has 1 aliphatic heterocycles. The van der Waals surface area contributed by atoms with Crippen LogP contribution in [0, 0.1) is 5.92 Å². The Hall–Kier alpha value is -0.120. The first kappa shape index (κ1) is 7.98. The fourth-order valence-electron chi connectivity index (χ4n) is 1.23. The molecule has 3 unspecified atom stereocenters. The van der Waals surface area contributed by atoms with Gasteiger partial charge < -0.3 is 15.6 Å². The van der Waals surface area contributed by atoms with Crippen molar-refractivity contribution < 1.29 is 9.84 Å². The smallest absolute Gasteiger partial charge is 0.105 e. The van der Waals surface area contributed by atoms with Crippen molar-refractivity contribution in [3.8, 4) is 0 Å². The molecule has 0 aliphatic carbocycles. The molecule has 1 heterocycles. The van der Waals surface area contributed by atoms with Crippen molar-refractivity contribution in [3.63, 3.8) is 0 Å². The molecule has 10 heavy (non-hydrogen) atoms. The minimum Gasteiger partial charge on any atom is -0.386 e. The van der Waals surface area contributed by atoms with Crippen molar-refractivity contribution in [2.45, 2.75) is 25.6 Å². The van der Waals surface area contributed by atoms with E-state index < -0.39 is 5.60 Å². The minimum atomic E-state index is -0.778. The number of rotatable bonds is 1. The van der Waals surface area contributed by atoms with Crippen molar-refractivity contribution in [2.24, 2.45) is 11.7 Å². The largest absolute Gasteiger partial charge is 0.386 e. The van der Waals surface area contributed by atoms with Gasteiger partial charge in [0.15, 0.2) is 0 Å². The highest BCUT2D eigenvalue weighted by molar-refractivity contribution is 4.93. The number of nitrogens with two attached hydrogens (primary N) is 1. The highest BCUT2D eigenvalue weighted by Crippen LogP contribution is 2.29. The zero-order valence-electron chi connectivity index (χ0n) is 6.50. The Labute approximate surface area is 61.2 Å². The fourth-order valence-corrected chi connectivity index (χ4v) is 1.23. The van der Waals surface area contributed by atoms with E-state index in [1.807, 2.05) is 13.8 Å². The lowest BCUT2D eigenvalue weighted by Crippen LogP contribution is -2.44. The summed E-state index contributed by atoms with van der Waals surface area (Å²) in [5.74, 6) is 0.150. The van der Waals surface area contributed by atoms with E-state index in [0.29, 0.717) is 13.2 Å². The van der Waals surface area contributed by atoms with Crippen LogP contribution in [0.15, 0.2) is 0 Å². The van der Waals surface area contributed by atoms with Crippen LogP contribution in [-0.4, -0.2) is 30.0 Å². The van der Waals surface area contributed by atoms with Crippen molar-refractivity contribution in [1.82, 2.24) is 0 Å². The molecule has 1 saturated heterocycles. The summed E-state index contributed by atoms with van der Waals surface area (Å²) in [5.41, 5.74) is 4.61. The lowest BCUT2D eigenvalue weighted by molar-refractivity contribution is 0.0137. The third-order valence-electron chi connectivity index (χ3n) is 2.50. The zero-order chi connectivity index (χ0) is 7.78. The van der Waals surface area contributed by atoms with Gasteiger partial charge in [-0.2, -0.15) is 0 Å². The third-order valence-corrected chi connectivity index (χ3v) is 2.50. The SMILES string of the molecule is CC1OCC(O)(CN)C1C.